The number of rotatable bonds is 4. The van der Waals surface area contributed by atoms with E-state index in [1.807, 2.05) is 0 Å². The summed E-state index contributed by atoms with van der Waals surface area (Å²) >= 11 is 2.86. The van der Waals surface area contributed by atoms with Crippen LogP contribution in [-0.4, -0.2) is 17.2 Å². The fourth-order valence-corrected chi connectivity index (χ4v) is 2.24. The minimum atomic E-state index is -1.78. The maximum absolute atomic E-state index is 14.0. The van der Waals surface area contributed by atoms with Crippen molar-refractivity contribution in [1.82, 2.24) is 0 Å². The third-order valence-electron chi connectivity index (χ3n) is 2.82. The molecule has 1 amide bonds. The molecule has 2 rings (SSSR count). The highest BCUT2D eigenvalue weighted by Gasteiger charge is 2.24. The van der Waals surface area contributed by atoms with Crippen LogP contribution in [-0.2, 0) is 11.3 Å². The predicted octanol–water partition coefficient (Wildman–Crippen LogP) is 4.17. The molecule has 0 heterocycles. The molecule has 120 valence electrons. The van der Waals surface area contributed by atoms with Gasteiger partial charge in [-0.15, -0.1) is 0 Å². The van der Waals surface area contributed by atoms with Crippen LogP contribution in [0.15, 0.2) is 40.9 Å². The van der Waals surface area contributed by atoms with Gasteiger partial charge in [-0.3, -0.25) is 5.32 Å². The van der Waals surface area contributed by atoms with Crippen LogP contribution in [0.1, 0.15) is 15.9 Å². The van der Waals surface area contributed by atoms with Gasteiger partial charge in [0.25, 0.3) is 0 Å². The number of hydrogen-bond donors (Lipinski definition) is 2. The molecule has 5 nitrogen and oxygen atoms in total. The molecule has 0 spiro atoms. The van der Waals surface area contributed by atoms with Crippen LogP contribution in [0.3, 0.4) is 0 Å². The lowest BCUT2D eigenvalue weighted by atomic mass is 10.1. The number of aromatic carboxylic acids is 1. The van der Waals surface area contributed by atoms with Crippen molar-refractivity contribution in [3.05, 3.63) is 63.6 Å². The lowest BCUT2D eigenvalue weighted by Gasteiger charge is -2.11. The molecule has 0 unspecified atom stereocenters. The van der Waals surface area contributed by atoms with E-state index in [4.69, 9.17) is 9.84 Å². The molecule has 23 heavy (non-hydrogen) atoms. The van der Waals surface area contributed by atoms with E-state index in [0.29, 0.717) is 5.56 Å². The summed E-state index contributed by atoms with van der Waals surface area (Å²) in [5.41, 5.74) is -0.957. The quantitative estimate of drug-likeness (QED) is 0.827. The first-order valence-corrected chi connectivity index (χ1v) is 7.08. The number of nitrogens with one attached hydrogen (secondary N) is 1. The van der Waals surface area contributed by atoms with Crippen molar-refractivity contribution < 1.29 is 28.2 Å². The highest BCUT2D eigenvalue weighted by atomic mass is 79.9. The SMILES string of the molecule is O=C(Nc1c(Br)cc(F)c(C(=O)O)c1F)OCc1ccccc1. The molecule has 2 aromatic rings. The molecule has 0 aliphatic carbocycles. The van der Waals surface area contributed by atoms with Crippen LogP contribution in [0.2, 0.25) is 0 Å². The smallest absolute Gasteiger partial charge is 0.412 e. The minimum Gasteiger partial charge on any atom is -0.477 e. The second-order valence-electron chi connectivity index (χ2n) is 4.40. The van der Waals surface area contributed by atoms with Crippen LogP contribution < -0.4 is 5.32 Å². The average Bonchev–Trinajstić information content (AvgIpc) is 2.50. The lowest BCUT2D eigenvalue weighted by Crippen LogP contribution is -2.17. The Morgan fingerprint density at radius 3 is 2.48 bits per heavy atom. The highest BCUT2D eigenvalue weighted by molar-refractivity contribution is 9.10. The van der Waals surface area contributed by atoms with E-state index in [2.05, 4.69) is 21.2 Å². The van der Waals surface area contributed by atoms with Gasteiger partial charge in [-0.25, -0.2) is 18.4 Å². The zero-order valence-electron chi connectivity index (χ0n) is 11.5. The lowest BCUT2D eigenvalue weighted by molar-refractivity contribution is 0.0686. The second-order valence-corrected chi connectivity index (χ2v) is 5.25. The van der Waals surface area contributed by atoms with Gasteiger partial charge >= 0.3 is 12.1 Å². The van der Waals surface area contributed by atoms with Crippen molar-refractivity contribution in [3.8, 4) is 0 Å². The summed E-state index contributed by atoms with van der Waals surface area (Å²) in [7, 11) is 0. The van der Waals surface area contributed by atoms with Crippen molar-refractivity contribution in [2.45, 2.75) is 6.61 Å². The number of carboxylic acid groups (broad SMARTS) is 1. The monoisotopic (exact) mass is 385 g/mol. The van der Waals surface area contributed by atoms with Gasteiger partial charge in [0.15, 0.2) is 5.82 Å². The van der Waals surface area contributed by atoms with Crippen molar-refractivity contribution in [1.29, 1.82) is 0 Å². The molecule has 0 aliphatic rings. The standard InChI is InChI=1S/C15H10BrF2NO4/c16-9-6-10(17)11(14(20)21)12(18)13(9)19-15(22)23-7-8-4-2-1-3-5-8/h1-6H,7H2,(H,19,22)(H,20,21). The van der Waals surface area contributed by atoms with Gasteiger partial charge in [0.05, 0.1) is 5.69 Å². The average molecular weight is 386 g/mol. The number of halogens is 3. The van der Waals surface area contributed by atoms with E-state index < -0.39 is 34.9 Å². The summed E-state index contributed by atoms with van der Waals surface area (Å²) in [6, 6.07) is 9.51. The van der Waals surface area contributed by atoms with Crippen molar-refractivity contribution >= 4 is 33.7 Å². The predicted molar refractivity (Wildman–Crippen MR) is 81.3 cm³/mol. The Kier molecular flexibility index (Phi) is 5.28. The van der Waals surface area contributed by atoms with E-state index in [1.165, 1.54) is 0 Å². The number of ether oxygens (including phenoxy) is 1. The molecular weight excluding hydrogens is 376 g/mol. The summed E-state index contributed by atoms with van der Waals surface area (Å²) in [5, 5.41) is 10.9. The molecule has 0 aromatic heterocycles. The fraction of sp³-hybridized carbons (Fsp3) is 0.0667. The van der Waals surface area contributed by atoms with Crippen LogP contribution in [0.25, 0.3) is 0 Å². The van der Waals surface area contributed by atoms with Gasteiger partial charge in [-0.05, 0) is 27.6 Å². The molecule has 0 aliphatic heterocycles. The molecule has 0 bridgehead atoms. The minimum absolute atomic E-state index is 0.0567. The third kappa shape index (κ3) is 4.04. The Hall–Kier alpha value is -2.48. The Morgan fingerprint density at radius 1 is 1.22 bits per heavy atom. The maximum Gasteiger partial charge on any atom is 0.412 e. The van der Waals surface area contributed by atoms with Crippen molar-refractivity contribution in [2.24, 2.45) is 0 Å². The number of hydrogen-bond acceptors (Lipinski definition) is 3. The van der Waals surface area contributed by atoms with Crippen LogP contribution in [0, 0.1) is 11.6 Å². The molecule has 0 saturated heterocycles. The van der Waals surface area contributed by atoms with E-state index in [1.54, 1.807) is 30.3 Å². The fourth-order valence-electron chi connectivity index (χ4n) is 1.76. The van der Waals surface area contributed by atoms with E-state index in [-0.39, 0.29) is 11.1 Å². The third-order valence-corrected chi connectivity index (χ3v) is 3.45. The first-order valence-electron chi connectivity index (χ1n) is 6.28. The second kappa shape index (κ2) is 7.19. The molecule has 0 saturated carbocycles. The van der Waals surface area contributed by atoms with Gasteiger partial charge in [0.1, 0.15) is 18.0 Å². The van der Waals surface area contributed by atoms with Gasteiger partial charge in [-0.1, -0.05) is 30.3 Å². The number of amides is 1. The molecule has 0 radical (unpaired) electrons. The van der Waals surface area contributed by atoms with Gasteiger partial charge in [-0.2, -0.15) is 0 Å². The topological polar surface area (TPSA) is 75.6 Å². The number of benzene rings is 2. The summed E-state index contributed by atoms with van der Waals surface area (Å²) < 4.78 is 32.3. The number of anilines is 1. The molecule has 0 atom stereocenters. The Labute approximate surface area is 138 Å². The molecule has 0 fully saturated rings. The number of carbonyl (C=O) groups is 2. The first-order chi connectivity index (χ1) is 10.9. The van der Waals surface area contributed by atoms with Crippen molar-refractivity contribution in [2.75, 3.05) is 5.32 Å². The van der Waals surface area contributed by atoms with Crippen LogP contribution in [0.4, 0.5) is 19.3 Å². The Balaban J connectivity index is 2.15. The molecule has 8 heteroatoms. The zero-order valence-corrected chi connectivity index (χ0v) is 13.1. The van der Waals surface area contributed by atoms with E-state index in [9.17, 15) is 18.4 Å². The molecular formula is C15H10BrF2NO4. The first kappa shape index (κ1) is 16.9. The largest absolute Gasteiger partial charge is 0.477 e. The Bertz CT molecular complexity index is 753. The number of carboxylic acids is 1. The van der Waals surface area contributed by atoms with E-state index in [0.717, 1.165) is 6.07 Å². The van der Waals surface area contributed by atoms with Crippen LogP contribution in [0.5, 0.6) is 0 Å². The molecule has 2 aromatic carbocycles. The van der Waals surface area contributed by atoms with Gasteiger partial charge in [0, 0.05) is 4.47 Å². The Morgan fingerprint density at radius 2 is 1.87 bits per heavy atom. The van der Waals surface area contributed by atoms with Crippen molar-refractivity contribution in [3.63, 3.8) is 0 Å². The van der Waals surface area contributed by atoms with E-state index >= 15 is 0 Å². The highest BCUT2D eigenvalue weighted by Crippen LogP contribution is 2.30. The summed E-state index contributed by atoms with van der Waals surface area (Å²) in [6.07, 6.45) is -1.00. The normalized spacial score (nSPS) is 10.2. The molecule has 2 N–H and O–H groups in total. The summed E-state index contributed by atoms with van der Waals surface area (Å²) in [6.45, 7) is -0.0567. The van der Waals surface area contributed by atoms with Gasteiger partial charge in [0.2, 0.25) is 0 Å². The van der Waals surface area contributed by atoms with Gasteiger partial charge < -0.3 is 9.84 Å². The zero-order chi connectivity index (χ0) is 17.0. The maximum atomic E-state index is 14.0. The number of carbonyl (C=O) groups excluding carboxylic acids is 1. The summed E-state index contributed by atoms with van der Waals surface area (Å²) in [4.78, 5) is 22.6. The van der Waals surface area contributed by atoms with Crippen LogP contribution >= 0.6 is 15.9 Å². The summed E-state index contributed by atoms with van der Waals surface area (Å²) in [5.74, 6) is -4.45.